The molecule has 0 aromatic carbocycles. The van der Waals surface area contributed by atoms with Crippen molar-refractivity contribution in [3.8, 4) is 11.5 Å². The van der Waals surface area contributed by atoms with E-state index < -0.39 is 0 Å². The summed E-state index contributed by atoms with van der Waals surface area (Å²) >= 11 is 10.6. The van der Waals surface area contributed by atoms with Crippen molar-refractivity contribution in [3.63, 3.8) is 0 Å². The van der Waals surface area contributed by atoms with Gasteiger partial charge in [-0.05, 0) is 35.4 Å². The summed E-state index contributed by atoms with van der Waals surface area (Å²) in [6, 6.07) is 0. The van der Waals surface area contributed by atoms with Crippen LogP contribution >= 0.6 is 46.0 Å². The molecule has 0 aliphatic rings. The van der Waals surface area contributed by atoms with E-state index in [1.54, 1.807) is 13.8 Å². The zero-order valence-corrected chi connectivity index (χ0v) is 19.6. The largest absolute Gasteiger partial charge is 0.506 e. The molecule has 0 fully saturated rings. The number of hydrogen-bond donors (Lipinski definition) is 6. The van der Waals surface area contributed by atoms with Crippen LogP contribution in [0.5, 0.6) is 11.5 Å². The molecular weight excluding hydrogens is 464 g/mol. The zero-order valence-electron chi connectivity index (χ0n) is 16.3. The number of aryl methyl sites for hydroxylation is 2. The molecule has 162 valence electrons. The Morgan fingerprint density at radius 3 is 1.53 bits per heavy atom. The zero-order chi connectivity index (χ0) is 22.3. The first-order valence-corrected chi connectivity index (χ1v) is 11.7. The summed E-state index contributed by atoms with van der Waals surface area (Å²) in [5.74, 6) is 0.0534. The molecule has 0 aliphatic heterocycles. The van der Waals surface area contributed by atoms with Crippen LogP contribution in [0.25, 0.3) is 0 Å². The van der Waals surface area contributed by atoms with Gasteiger partial charge in [0.15, 0.2) is 0 Å². The summed E-state index contributed by atoms with van der Waals surface area (Å²) in [7, 11) is 2.46. The van der Waals surface area contributed by atoms with Crippen LogP contribution in [0.2, 0.25) is 0 Å². The first-order valence-electron chi connectivity index (χ1n) is 8.73. The SMILES string of the molecule is Cc1ncc(CO)c(CNC(=S)SSC(=S)NCc2c(CO)cnc(C)c2O)c1O. The lowest BCUT2D eigenvalue weighted by atomic mass is 10.1. The number of aliphatic hydroxyl groups excluding tert-OH is 2. The molecular formula is C18H22N4O4S4. The van der Waals surface area contributed by atoms with Gasteiger partial charge in [-0.1, -0.05) is 24.4 Å². The molecule has 2 aromatic rings. The molecule has 8 nitrogen and oxygen atoms in total. The molecule has 0 spiro atoms. The second-order valence-electron chi connectivity index (χ2n) is 6.16. The Bertz CT molecular complexity index is 867. The Hall–Kier alpha value is -1.70. The lowest BCUT2D eigenvalue weighted by Crippen LogP contribution is -2.21. The van der Waals surface area contributed by atoms with Crippen molar-refractivity contribution in [2.45, 2.75) is 40.2 Å². The van der Waals surface area contributed by atoms with Crippen molar-refractivity contribution < 1.29 is 20.4 Å². The quantitative estimate of drug-likeness (QED) is 0.265. The fraction of sp³-hybridized carbons (Fsp3) is 0.333. The molecule has 2 rings (SSSR count). The van der Waals surface area contributed by atoms with Gasteiger partial charge in [-0.25, -0.2) is 0 Å². The summed E-state index contributed by atoms with van der Waals surface area (Å²) in [4.78, 5) is 8.05. The van der Waals surface area contributed by atoms with Gasteiger partial charge in [-0.2, -0.15) is 0 Å². The van der Waals surface area contributed by atoms with Crippen molar-refractivity contribution in [1.29, 1.82) is 0 Å². The van der Waals surface area contributed by atoms with E-state index in [0.29, 0.717) is 42.3 Å². The predicted octanol–water partition coefficient (Wildman–Crippen LogP) is 2.32. The normalized spacial score (nSPS) is 10.7. The molecule has 0 radical (unpaired) electrons. The average molecular weight is 487 g/mol. The third-order valence-corrected chi connectivity index (χ3v) is 7.56. The molecule has 0 unspecified atom stereocenters. The number of rotatable bonds is 6. The van der Waals surface area contributed by atoms with Crippen LogP contribution in [-0.2, 0) is 26.3 Å². The fourth-order valence-corrected chi connectivity index (χ4v) is 4.47. The molecule has 0 saturated heterocycles. The molecule has 30 heavy (non-hydrogen) atoms. The molecule has 2 heterocycles. The average Bonchev–Trinajstić information content (AvgIpc) is 2.74. The lowest BCUT2D eigenvalue weighted by molar-refractivity contribution is 0.278. The number of hydrogen-bond acceptors (Lipinski definition) is 10. The van der Waals surface area contributed by atoms with E-state index in [9.17, 15) is 20.4 Å². The van der Waals surface area contributed by atoms with Crippen molar-refractivity contribution in [3.05, 3.63) is 46.0 Å². The molecule has 0 saturated carbocycles. The van der Waals surface area contributed by atoms with Gasteiger partial charge in [-0.3, -0.25) is 9.97 Å². The summed E-state index contributed by atoms with van der Waals surface area (Å²) < 4.78 is 0.890. The van der Waals surface area contributed by atoms with Crippen molar-refractivity contribution in [2.75, 3.05) is 0 Å². The van der Waals surface area contributed by atoms with Crippen LogP contribution in [0.3, 0.4) is 0 Å². The number of nitrogens with zero attached hydrogens (tertiary/aromatic N) is 2. The fourth-order valence-electron chi connectivity index (χ4n) is 2.49. The second-order valence-corrected chi connectivity index (χ2v) is 9.64. The lowest BCUT2D eigenvalue weighted by Gasteiger charge is -2.14. The highest BCUT2D eigenvalue weighted by Gasteiger charge is 2.14. The molecule has 2 aromatic heterocycles. The van der Waals surface area contributed by atoms with E-state index in [4.69, 9.17) is 24.4 Å². The number of aromatic hydroxyl groups is 2. The van der Waals surface area contributed by atoms with E-state index in [0.717, 1.165) is 0 Å². The van der Waals surface area contributed by atoms with Crippen LogP contribution < -0.4 is 10.6 Å². The van der Waals surface area contributed by atoms with Gasteiger partial charge in [0.25, 0.3) is 0 Å². The van der Waals surface area contributed by atoms with Gasteiger partial charge in [-0.15, -0.1) is 0 Å². The standard InChI is InChI=1S/C18H22N4O4S4/c1-9-15(25)13(11(7-23)3-19-9)5-21-17(27)29-30-18(28)22-6-14-12(8-24)4-20-10(2)16(14)26/h3-4,23-26H,5-8H2,1-2H3,(H,21,27)(H,22,28). The maximum absolute atomic E-state index is 10.2. The van der Waals surface area contributed by atoms with Crippen LogP contribution in [0.4, 0.5) is 0 Å². The van der Waals surface area contributed by atoms with Gasteiger partial charge in [0.05, 0.1) is 24.6 Å². The molecule has 0 atom stereocenters. The first kappa shape index (κ1) is 24.6. The van der Waals surface area contributed by atoms with E-state index in [-0.39, 0.29) is 37.8 Å². The van der Waals surface area contributed by atoms with Gasteiger partial charge < -0.3 is 31.1 Å². The topological polar surface area (TPSA) is 131 Å². The minimum atomic E-state index is -0.238. The Morgan fingerprint density at radius 2 is 1.20 bits per heavy atom. The monoisotopic (exact) mass is 486 g/mol. The number of aromatic nitrogens is 2. The smallest absolute Gasteiger partial charge is 0.145 e. The van der Waals surface area contributed by atoms with Gasteiger partial charge in [0.1, 0.15) is 20.1 Å². The molecule has 0 aliphatic carbocycles. The highest BCUT2D eigenvalue weighted by atomic mass is 33.1. The van der Waals surface area contributed by atoms with E-state index in [1.807, 2.05) is 0 Å². The van der Waals surface area contributed by atoms with Crippen molar-refractivity contribution in [1.82, 2.24) is 20.6 Å². The number of nitrogens with one attached hydrogen (secondary N) is 2. The van der Waals surface area contributed by atoms with Gasteiger partial charge in [0.2, 0.25) is 0 Å². The summed E-state index contributed by atoms with van der Waals surface area (Å²) in [5, 5.41) is 45.2. The molecule has 0 amide bonds. The summed E-state index contributed by atoms with van der Waals surface area (Å²) in [6.45, 7) is 3.35. The van der Waals surface area contributed by atoms with Crippen LogP contribution in [-0.4, -0.2) is 39.0 Å². The number of aliphatic hydroxyl groups is 2. The van der Waals surface area contributed by atoms with Crippen molar-refractivity contribution >= 4 is 54.7 Å². The molecule has 0 bridgehead atoms. The Balaban J connectivity index is 1.86. The Morgan fingerprint density at radius 1 is 0.833 bits per heavy atom. The summed E-state index contributed by atoms with van der Waals surface area (Å²) in [5.41, 5.74) is 3.07. The van der Waals surface area contributed by atoms with E-state index >= 15 is 0 Å². The highest BCUT2D eigenvalue weighted by molar-refractivity contribution is 8.89. The predicted molar refractivity (Wildman–Crippen MR) is 127 cm³/mol. The Labute approximate surface area is 192 Å². The minimum absolute atomic E-state index is 0.0267. The number of pyridine rings is 2. The maximum Gasteiger partial charge on any atom is 0.145 e. The van der Waals surface area contributed by atoms with Crippen LogP contribution in [0, 0.1) is 13.8 Å². The second kappa shape index (κ2) is 11.6. The van der Waals surface area contributed by atoms with Gasteiger partial charge >= 0.3 is 0 Å². The van der Waals surface area contributed by atoms with Crippen molar-refractivity contribution in [2.24, 2.45) is 0 Å². The van der Waals surface area contributed by atoms with Crippen LogP contribution in [0.1, 0.15) is 33.6 Å². The highest BCUT2D eigenvalue weighted by Crippen LogP contribution is 2.27. The summed E-state index contributed by atoms with van der Waals surface area (Å²) in [6.07, 6.45) is 3.04. The third kappa shape index (κ3) is 6.40. The third-order valence-electron chi connectivity index (χ3n) is 4.21. The van der Waals surface area contributed by atoms with E-state index in [2.05, 4.69) is 20.6 Å². The minimum Gasteiger partial charge on any atom is -0.506 e. The van der Waals surface area contributed by atoms with E-state index in [1.165, 1.54) is 34.0 Å². The molecule has 12 heteroatoms. The van der Waals surface area contributed by atoms with Crippen LogP contribution in [0.15, 0.2) is 12.4 Å². The number of thiocarbonyl (C=S) groups is 2. The molecule has 6 N–H and O–H groups in total. The maximum atomic E-state index is 10.2. The first-order chi connectivity index (χ1) is 14.3. The Kier molecular flexibility index (Phi) is 9.52. The van der Waals surface area contributed by atoms with Gasteiger partial charge in [0, 0.05) is 47.7 Å².